The van der Waals surface area contributed by atoms with Gasteiger partial charge in [-0.1, -0.05) is 27.7 Å². The highest BCUT2D eigenvalue weighted by Gasteiger charge is 2.22. The highest BCUT2D eigenvalue weighted by molar-refractivity contribution is 5.98. The monoisotopic (exact) mass is 401 g/mol. The van der Waals surface area contributed by atoms with Crippen molar-refractivity contribution in [1.82, 2.24) is 14.9 Å². The Labute approximate surface area is 175 Å². The molecule has 29 heavy (non-hydrogen) atoms. The third-order valence-electron chi connectivity index (χ3n) is 3.66. The van der Waals surface area contributed by atoms with E-state index in [4.69, 9.17) is 4.74 Å². The molecule has 2 aromatic rings. The predicted octanol–water partition coefficient (Wildman–Crippen LogP) is 5.58. The Morgan fingerprint density at radius 1 is 1.17 bits per heavy atom. The van der Waals surface area contributed by atoms with Crippen LogP contribution in [0.15, 0.2) is 18.2 Å². The zero-order valence-electron chi connectivity index (χ0n) is 18.8. The summed E-state index contributed by atoms with van der Waals surface area (Å²) in [6.07, 6.45) is 8.95. The van der Waals surface area contributed by atoms with Crippen LogP contribution in [0.25, 0.3) is 11.0 Å². The summed E-state index contributed by atoms with van der Waals surface area (Å²) in [7, 11) is 0. The number of ketones is 1. The number of aromatic amines is 1. The van der Waals surface area contributed by atoms with Gasteiger partial charge in [0, 0.05) is 18.5 Å². The molecule has 160 valence electrons. The molecule has 0 aliphatic heterocycles. The van der Waals surface area contributed by atoms with Crippen LogP contribution in [-0.2, 0) is 11.3 Å². The minimum atomic E-state index is -0.535. The van der Waals surface area contributed by atoms with Crippen molar-refractivity contribution < 1.29 is 14.3 Å². The lowest BCUT2D eigenvalue weighted by molar-refractivity contribution is 0.0229. The molecule has 1 aromatic carbocycles. The van der Waals surface area contributed by atoms with E-state index in [2.05, 4.69) is 22.8 Å². The summed E-state index contributed by atoms with van der Waals surface area (Å²) in [5, 5.41) is 0. The van der Waals surface area contributed by atoms with Gasteiger partial charge >= 0.3 is 6.09 Å². The van der Waals surface area contributed by atoms with Gasteiger partial charge in [-0.05, 0) is 45.4 Å². The summed E-state index contributed by atoms with van der Waals surface area (Å²) in [5.74, 6) is 0.773. The zero-order valence-corrected chi connectivity index (χ0v) is 18.8. The smallest absolute Gasteiger partial charge is 0.410 e. The Morgan fingerprint density at radius 2 is 1.79 bits per heavy atom. The number of hydrogen-bond donors (Lipinski definition) is 1. The van der Waals surface area contributed by atoms with Crippen LogP contribution in [0.5, 0.6) is 0 Å². The Morgan fingerprint density at radius 3 is 2.31 bits per heavy atom. The molecule has 0 radical (unpaired) electrons. The Balaban J connectivity index is 0.00000184. The van der Waals surface area contributed by atoms with Crippen molar-refractivity contribution in [2.75, 3.05) is 6.54 Å². The standard InChI is InChI=1S/C19H27N3O3.C2H6.C2H2/c1-6-10-22(18(24)25-19(3,4)5)12-17-20-14-9-8-13(16(23)7-2)11-15(14)21-17;2*1-2/h8-9,11H,6-7,10,12H2,1-5H3,(H,20,21);1-2H3;1-2H. The number of nitrogens with one attached hydrogen (secondary N) is 1. The fourth-order valence-electron chi connectivity index (χ4n) is 2.53. The van der Waals surface area contributed by atoms with Gasteiger partial charge < -0.3 is 14.6 Å². The van der Waals surface area contributed by atoms with Crippen LogP contribution < -0.4 is 0 Å². The van der Waals surface area contributed by atoms with Crippen molar-refractivity contribution in [3.63, 3.8) is 0 Å². The average Bonchev–Trinajstić information content (AvgIpc) is 3.10. The molecule has 0 saturated carbocycles. The molecule has 1 N–H and O–H groups in total. The number of benzene rings is 1. The van der Waals surface area contributed by atoms with Gasteiger partial charge in [0.15, 0.2) is 5.78 Å². The van der Waals surface area contributed by atoms with E-state index in [1.165, 1.54) is 0 Å². The van der Waals surface area contributed by atoms with Gasteiger partial charge in [0.25, 0.3) is 0 Å². The number of Topliss-reactive ketones (excluding diaryl/α,β-unsaturated/α-hetero) is 1. The van der Waals surface area contributed by atoms with Crippen molar-refractivity contribution in [1.29, 1.82) is 0 Å². The van der Waals surface area contributed by atoms with Gasteiger partial charge in [0.05, 0.1) is 17.6 Å². The average molecular weight is 402 g/mol. The van der Waals surface area contributed by atoms with E-state index in [1.807, 2.05) is 60.6 Å². The lowest BCUT2D eigenvalue weighted by Crippen LogP contribution is -2.37. The molecule has 1 amide bonds. The van der Waals surface area contributed by atoms with Crippen LogP contribution in [0, 0.1) is 12.8 Å². The summed E-state index contributed by atoms with van der Waals surface area (Å²) >= 11 is 0. The number of hydrogen-bond acceptors (Lipinski definition) is 4. The number of carbonyl (C=O) groups excluding carboxylic acids is 2. The molecular weight excluding hydrogens is 366 g/mol. The van der Waals surface area contributed by atoms with E-state index < -0.39 is 5.60 Å². The van der Waals surface area contributed by atoms with Crippen LogP contribution in [0.2, 0.25) is 0 Å². The van der Waals surface area contributed by atoms with Gasteiger partial charge in [-0.15, -0.1) is 12.8 Å². The first kappa shape index (κ1) is 26.2. The highest BCUT2D eigenvalue weighted by Crippen LogP contribution is 2.17. The number of carbonyl (C=O) groups is 2. The van der Waals surface area contributed by atoms with Crippen molar-refractivity contribution in [3.8, 4) is 12.8 Å². The van der Waals surface area contributed by atoms with Crippen molar-refractivity contribution in [3.05, 3.63) is 29.6 Å². The van der Waals surface area contributed by atoms with E-state index in [0.717, 1.165) is 17.5 Å². The SMILES string of the molecule is C#C.CC.CCCN(Cc1nc2ccc(C(=O)CC)cc2[nH]1)C(=O)OC(C)(C)C. The molecule has 0 aliphatic rings. The normalized spacial score (nSPS) is 10.2. The van der Waals surface area contributed by atoms with E-state index in [1.54, 1.807) is 11.0 Å². The summed E-state index contributed by atoms with van der Waals surface area (Å²) in [5.41, 5.74) is 1.72. The Bertz CT molecular complexity index is 801. The maximum absolute atomic E-state index is 12.4. The molecule has 0 aliphatic carbocycles. The lowest BCUT2D eigenvalue weighted by atomic mass is 10.1. The number of terminal acetylenes is 1. The fraction of sp³-hybridized carbons (Fsp3) is 0.522. The number of imidazole rings is 1. The van der Waals surface area contributed by atoms with Crippen LogP contribution in [0.4, 0.5) is 4.79 Å². The van der Waals surface area contributed by atoms with Crippen LogP contribution in [-0.4, -0.2) is 38.9 Å². The molecule has 6 nitrogen and oxygen atoms in total. The maximum Gasteiger partial charge on any atom is 0.410 e. The fourth-order valence-corrected chi connectivity index (χ4v) is 2.53. The van der Waals surface area contributed by atoms with E-state index >= 15 is 0 Å². The number of H-pyrrole nitrogens is 1. The second-order valence-corrected chi connectivity index (χ2v) is 7.09. The number of aromatic nitrogens is 2. The minimum Gasteiger partial charge on any atom is -0.444 e. The highest BCUT2D eigenvalue weighted by atomic mass is 16.6. The third-order valence-corrected chi connectivity index (χ3v) is 3.66. The van der Waals surface area contributed by atoms with Crippen LogP contribution >= 0.6 is 0 Å². The molecule has 0 fully saturated rings. The van der Waals surface area contributed by atoms with Gasteiger partial charge in [-0.2, -0.15) is 0 Å². The minimum absolute atomic E-state index is 0.0967. The van der Waals surface area contributed by atoms with E-state index in [0.29, 0.717) is 30.9 Å². The van der Waals surface area contributed by atoms with E-state index in [9.17, 15) is 9.59 Å². The first-order valence-corrected chi connectivity index (χ1v) is 10.1. The largest absolute Gasteiger partial charge is 0.444 e. The Kier molecular flexibility index (Phi) is 11.4. The summed E-state index contributed by atoms with van der Waals surface area (Å²) in [6, 6.07) is 5.43. The number of ether oxygens (including phenoxy) is 1. The molecule has 1 aromatic heterocycles. The van der Waals surface area contributed by atoms with Crippen molar-refractivity contribution in [2.45, 2.75) is 73.5 Å². The second-order valence-electron chi connectivity index (χ2n) is 7.09. The van der Waals surface area contributed by atoms with Crippen molar-refractivity contribution in [2.24, 2.45) is 0 Å². The van der Waals surface area contributed by atoms with Gasteiger partial charge in [-0.3, -0.25) is 4.79 Å². The first-order chi connectivity index (χ1) is 13.7. The van der Waals surface area contributed by atoms with E-state index in [-0.39, 0.29) is 11.9 Å². The number of rotatable bonds is 6. The topological polar surface area (TPSA) is 75.3 Å². The predicted molar refractivity (Wildman–Crippen MR) is 119 cm³/mol. The summed E-state index contributed by atoms with van der Waals surface area (Å²) in [4.78, 5) is 33.6. The zero-order chi connectivity index (χ0) is 22.6. The van der Waals surface area contributed by atoms with Gasteiger partial charge in [0.2, 0.25) is 0 Å². The molecule has 0 atom stereocenters. The van der Waals surface area contributed by atoms with Crippen LogP contribution in [0.3, 0.4) is 0 Å². The first-order valence-electron chi connectivity index (χ1n) is 10.1. The molecule has 0 spiro atoms. The van der Waals surface area contributed by atoms with Crippen molar-refractivity contribution >= 4 is 22.9 Å². The molecule has 0 bridgehead atoms. The molecule has 0 unspecified atom stereocenters. The Hall–Kier alpha value is -2.81. The number of amides is 1. The number of fused-ring (bicyclic) bond motifs is 1. The summed E-state index contributed by atoms with van der Waals surface area (Å²) < 4.78 is 5.46. The van der Waals surface area contributed by atoms with Gasteiger partial charge in [-0.25, -0.2) is 9.78 Å². The maximum atomic E-state index is 12.4. The molecule has 2 rings (SSSR count). The summed E-state index contributed by atoms with van der Waals surface area (Å²) in [6.45, 7) is 14.3. The van der Waals surface area contributed by atoms with Crippen LogP contribution in [0.1, 0.15) is 77.5 Å². The molecular formula is C23H35N3O3. The second kappa shape index (κ2) is 12.6. The number of nitrogens with zero attached hydrogens (tertiary/aromatic N) is 2. The third kappa shape index (κ3) is 8.39. The molecule has 1 heterocycles. The quantitative estimate of drug-likeness (QED) is 0.506. The molecule has 6 heteroatoms. The lowest BCUT2D eigenvalue weighted by Gasteiger charge is -2.26. The van der Waals surface area contributed by atoms with Gasteiger partial charge in [0.1, 0.15) is 11.4 Å². The molecule has 0 saturated heterocycles.